The van der Waals surface area contributed by atoms with Crippen LogP contribution in [0.2, 0.25) is 0 Å². The monoisotopic (exact) mass is 305 g/mol. The Morgan fingerprint density at radius 2 is 2.15 bits per heavy atom. The molecule has 0 saturated carbocycles. The highest BCUT2D eigenvalue weighted by atomic mass is 32.2. The first-order valence-corrected chi connectivity index (χ1v) is 7.35. The van der Waals surface area contributed by atoms with Crippen LogP contribution in [0.15, 0.2) is 28.6 Å². The summed E-state index contributed by atoms with van der Waals surface area (Å²) in [5.74, 6) is -0.145. The van der Waals surface area contributed by atoms with Crippen LogP contribution in [0, 0.1) is 11.3 Å². The minimum absolute atomic E-state index is 0.145. The van der Waals surface area contributed by atoms with Crippen molar-refractivity contribution < 1.29 is 4.79 Å². The van der Waals surface area contributed by atoms with E-state index in [1.807, 2.05) is 6.07 Å². The van der Waals surface area contributed by atoms with Crippen LogP contribution in [-0.2, 0) is 4.79 Å². The fourth-order valence-electron chi connectivity index (χ4n) is 1.34. The largest absolute Gasteiger partial charge is 0.374 e. The van der Waals surface area contributed by atoms with Gasteiger partial charge in [-0.2, -0.15) is 5.26 Å². The summed E-state index contributed by atoms with van der Waals surface area (Å²) in [5, 5.41) is 19.1. The van der Waals surface area contributed by atoms with Gasteiger partial charge in [-0.25, -0.2) is 0 Å². The van der Waals surface area contributed by atoms with Gasteiger partial charge in [-0.05, 0) is 31.2 Å². The van der Waals surface area contributed by atoms with Gasteiger partial charge < -0.3 is 11.1 Å². The van der Waals surface area contributed by atoms with E-state index < -0.39 is 0 Å². The number of nitriles is 1. The van der Waals surface area contributed by atoms with E-state index in [2.05, 4.69) is 15.5 Å². The number of amides is 1. The lowest BCUT2D eigenvalue weighted by Gasteiger charge is -2.10. The number of anilines is 2. The summed E-state index contributed by atoms with van der Waals surface area (Å²) in [7, 11) is 0. The SMILES string of the molecule is C[C@H](Sc1nnc(N)s1)C(=O)Nc1ccc(C#N)cc1. The molecule has 1 heterocycles. The molecule has 6 nitrogen and oxygen atoms in total. The van der Waals surface area contributed by atoms with Crippen LogP contribution in [0.3, 0.4) is 0 Å². The molecule has 1 amide bonds. The number of nitrogens with zero attached hydrogens (tertiary/aromatic N) is 3. The van der Waals surface area contributed by atoms with E-state index in [-0.39, 0.29) is 11.2 Å². The zero-order valence-electron chi connectivity index (χ0n) is 10.5. The van der Waals surface area contributed by atoms with E-state index in [4.69, 9.17) is 11.0 Å². The molecule has 0 aliphatic carbocycles. The van der Waals surface area contributed by atoms with E-state index in [9.17, 15) is 4.79 Å². The van der Waals surface area contributed by atoms with Gasteiger partial charge in [-0.15, -0.1) is 10.2 Å². The predicted molar refractivity (Wildman–Crippen MR) is 79.4 cm³/mol. The maximum absolute atomic E-state index is 12.0. The van der Waals surface area contributed by atoms with Crippen molar-refractivity contribution in [2.24, 2.45) is 0 Å². The molecule has 1 aromatic heterocycles. The van der Waals surface area contributed by atoms with E-state index >= 15 is 0 Å². The molecule has 0 aliphatic rings. The van der Waals surface area contributed by atoms with Crippen molar-refractivity contribution in [3.8, 4) is 6.07 Å². The Hall–Kier alpha value is -2.11. The smallest absolute Gasteiger partial charge is 0.237 e. The van der Waals surface area contributed by atoms with Gasteiger partial charge in [0.2, 0.25) is 11.0 Å². The van der Waals surface area contributed by atoms with Gasteiger partial charge in [0.25, 0.3) is 0 Å². The van der Waals surface area contributed by atoms with Gasteiger partial charge >= 0.3 is 0 Å². The second kappa shape index (κ2) is 6.36. The molecule has 1 atom stereocenters. The summed E-state index contributed by atoms with van der Waals surface area (Å²) in [6.07, 6.45) is 0. The highest BCUT2D eigenvalue weighted by molar-refractivity contribution is 8.02. The second-order valence-corrected chi connectivity index (χ2v) is 6.44. The lowest BCUT2D eigenvalue weighted by molar-refractivity contribution is -0.115. The number of nitrogens with two attached hydrogens (primary N) is 1. The molecule has 0 saturated heterocycles. The summed E-state index contributed by atoms with van der Waals surface area (Å²) >= 11 is 2.55. The van der Waals surface area contributed by atoms with Crippen LogP contribution in [-0.4, -0.2) is 21.4 Å². The first-order valence-electron chi connectivity index (χ1n) is 5.65. The van der Waals surface area contributed by atoms with Crippen molar-refractivity contribution in [1.82, 2.24) is 10.2 Å². The molecule has 0 radical (unpaired) electrons. The van der Waals surface area contributed by atoms with Crippen molar-refractivity contribution in [3.05, 3.63) is 29.8 Å². The minimum atomic E-state index is -0.321. The number of rotatable bonds is 4. The third-order valence-corrected chi connectivity index (χ3v) is 4.29. The van der Waals surface area contributed by atoms with Gasteiger partial charge in [0.05, 0.1) is 16.9 Å². The molecule has 0 aliphatic heterocycles. The van der Waals surface area contributed by atoms with Crippen LogP contribution in [0.4, 0.5) is 10.8 Å². The molecule has 8 heteroatoms. The van der Waals surface area contributed by atoms with Crippen LogP contribution in [0.1, 0.15) is 12.5 Å². The standard InChI is InChI=1S/C12H11N5OS2/c1-7(19-12-17-16-11(14)20-12)10(18)15-9-4-2-8(6-13)3-5-9/h2-5,7H,1H3,(H2,14,16)(H,15,18)/t7-/m0/s1. The third kappa shape index (κ3) is 3.69. The number of nitrogen functional groups attached to an aromatic ring is 1. The lowest BCUT2D eigenvalue weighted by atomic mass is 10.2. The number of aromatic nitrogens is 2. The summed E-state index contributed by atoms with van der Waals surface area (Å²) in [6, 6.07) is 8.71. The molecule has 0 fully saturated rings. The van der Waals surface area contributed by atoms with Gasteiger partial charge in [0, 0.05) is 5.69 Å². The van der Waals surface area contributed by atoms with Crippen molar-refractivity contribution in [3.63, 3.8) is 0 Å². The first-order chi connectivity index (χ1) is 9.58. The molecular formula is C12H11N5OS2. The van der Waals surface area contributed by atoms with Crippen LogP contribution >= 0.6 is 23.1 Å². The number of carbonyl (C=O) groups excluding carboxylic acids is 1. The molecule has 0 unspecified atom stereocenters. The Labute approximate surface area is 124 Å². The Kier molecular flexibility index (Phi) is 4.55. The van der Waals surface area contributed by atoms with E-state index in [1.165, 1.54) is 23.1 Å². The number of benzene rings is 1. The summed E-state index contributed by atoms with van der Waals surface area (Å²) in [4.78, 5) is 12.0. The molecular weight excluding hydrogens is 294 g/mol. The number of nitrogens with one attached hydrogen (secondary N) is 1. The van der Waals surface area contributed by atoms with E-state index in [0.717, 1.165) is 0 Å². The number of hydrogen-bond donors (Lipinski definition) is 2. The quantitative estimate of drug-likeness (QED) is 0.838. The summed E-state index contributed by atoms with van der Waals surface area (Å²) in [5.41, 5.74) is 6.69. The number of hydrogen-bond acceptors (Lipinski definition) is 7. The maximum atomic E-state index is 12.0. The molecule has 0 spiro atoms. The van der Waals surface area contributed by atoms with Crippen molar-refractivity contribution in [2.75, 3.05) is 11.1 Å². The lowest BCUT2D eigenvalue weighted by Crippen LogP contribution is -2.22. The van der Waals surface area contributed by atoms with Crippen molar-refractivity contribution >= 4 is 39.8 Å². The number of thioether (sulfide) groups is 1. The molecule has 2 rings (SSSR count). The highest BCUT2D eigenvalue weighted by Crippen LogP contribution is 2.28. The molecule has 3 N–H and O–H groups in total. The minimum Gasteiger partial charge on any atom is -0.374 e. The second-order valence-electron chi connectivity index (χ2n) is 3.84. The van der Waals surface area contributed by atoms with Crippen molar-refractivity contribution in [1.29, 1.82) is 5.26 Å². The topological polar surface area (TPSA) is 105 Å². The first kappa shape index (κ1) is 14.3. The van der Waals surface area contributed by atoms with E-state index in [1.54, 1.807) is 31.2 Å². The van der Waals surface area contributed by atoms with Crippen LogP contribution in [0.5, 0.6) is 0 Å². The zero-order valence-corrected chi connectivity index (χ0v) is 12.2. The fourth-order valence-corrected chi connectivity index (χ4v) is 3.12. The molecule has 1 aromatic carbocycles. The molecule has 20 heavy (non-hydrogen) atoms. The summed E-state index contributed by atoms with van der Waals surface area (Å²) < 4.78 is 0.657. The van der Waals surface area contributed by atoms with Crippen LogP contribution < -0.4 is 11.1 Å². The Balaban J connectivity index is 1.95. The Bertz CT molecular complexity index is 647. The predicted octanol–water partition coefficient (Wildman–Crippen LogP) is 2.11. The highest BCUT2D eigenvalue weighted by Gasteiger charge is 2.16. The number of carbonyl (C=O) groups is 1. The summed E-state index contributed by atoms with van der Waals surface area (Å²) in [6.45, 7) is 1.78. The fraction of sp³-hybridized carbons (Fsp3) is 0.167. The average molecular weight is 305 g/mol. The average Bonchev–Trinajstić information content (AvgIpc) is 2.85. The molecule has 2 aromatic rings. The van der Waals surface area contributed by atoms with Gasteiger partial charge in [-0.1, -0.05) is 23.1 Å². The normalized spacial score (nSPS) is 11.6. The Morgan fingerprint density at radius 1 is 1.45 bits per heavy atom. The third-order valence-electron chi connectivity index (χ3n) is 2.35. The molecule has 0 bridgehead atoms. The zero-order chi connectivity index (χ0) is 14.5. The molecule has 102 valence electrons. The maximum Gasteiger partial charge on any atom is 0.237 e. The van der Waals surface area contributed by atoms with Gasteiger partial charge in [-0.3, -0.25) is 4.79 Å². The van der Waals surface area contributed by atoms with Gasteiger partial charge in [0.15, 0.2) is 4.34 Å². The van der Waals surface area contributed by atoms with Gasteiger partial charge in [0.1, 0.15) is 0 Å². The van der Waals surface area contributed by atoms with E-state index in [0.29, 0.717) is 20.7 Å². The van der Waals surface area contributed by atoms with Crippen molar-refractivity contribution in [2.45, 2.75) is 16.5 Å². The Morgan fingerprint density at radius 3 is 2.70 bits per heavy atom. The van der Waals surface area contributed by atoms with Crippen LogP contribution in [0.25, 0.3) is 0 Å².